The molecule has 94 valence electrons. The topological polar surface area (TPSA) is 25.4 Å². The standard InChI is InChI=1S/C14H22N2O/c1-4-7-16-8-5-6-13(16)12-10-15-14(17-3)9-11(12)2/h9-10,13H,4-8H2,1-3H3. The Morgan fingerprint density at radius 1 is 1.53 bits per heavy atom. The third-order valence-electron chi connectivity index (χ3n) is 3.57. The van der Waals surface area contributed by atoms with Gasteiger partial charge in [0.15, 0.2) is 0 Å². The number of aryl methyl sites for hydroxylation is 1. The lowest BCUT2D eigenvalue weighted by molar-refractivity contribution is 0.256. The Kier molecular flexibility index (Phi) is 4.00. The van der Waals surface area contributed by atoms with Crippen molar-refractivity contribution in [3.05, 3.63) is 23.4 Å². The van der Waals surface area contributed by atoms with E-state index in [0.717, 1.165) is 0 Å². The van der Waals surface area contributed by atoms with Crippen molar-refractivity contribution in [1.29, 1.82) is 0 Å². The van der Waals surface area contributed by atoms with E-state index in [0.29, 0.717) is 11.9 Å². The minimum atomic E-state index is 0.563. The number of rotatable bonds is 4. The molecule has 1 fully saturated rings. The predicted octanol–water partition coefficient (Wildman–Crippen LogP) is 2.95. The van der Waals surface area contributed by atoms with Crippen LogP contribution in [-0.4, -0.2) is 30.1 Å². The molecule has 3 heteroatoms. The summed E-state index contributed by atoms with van der Waals surface area (Å²) in [5.41, 5.74) is 2.67. The van der Waals surface area contributed by atoms with E-state index in [4.69, 9.17) is 4.74 Å². The van der Waals surface area contributed by atoms with Gasteiger partial charge in [0.05, 0.1) is 7.11 Å². The Morgan fingerprint density at radius 2 is 2.35 bits per heavy atom. The van der Waals surface area contributed by atoms with Gasteiger partial charge in [0.2, 0.25) is 5.88 Å². The normalized spacial score (nSPS) is 20.8. The highest BCUT2D eigenvalue weighted by atomic mass is 16.5. The second-order valence-electron chi connectivity index (χ2n) is 4.78. The van der Waals surface area contributed by atoms with Crippen molar-refractivity contribution < 1.29 is 4.74 Å². The molecule has 2 heterocycles. The van der Waals surface area contributed by atoms with Crippen molar-refractivity contribution in [2.75, 3.05) is 20.2 Å². The molecule has 3 nitrogen and oxygen atoms in total. The summed E-state index contributed by atoms with van der Waals surface area (Å²) in [4.78, 5) is 6.93. The van der Waals surface area contributed by atoms with E-state index in [1.54, 1.807) is 7.11 Å². The van der Waals surface area contributed by atoms with Crippen molar-refractivity contribution in [3.63, 3.8) is 0 Å². The van der Waals surface area contributed by atoms with Gasteiger partial charge in [0.1, 0.15) is 0 Å². The van der Waals surface area contributed by atoms with E-state index in [2.05, 4.69) is 23.7 Å². The summed E-state index contributed by atoms with van der Waals surface area (Å²) >= 11 is 0. The van der Waals surface area contributed by atoms with Crippen molar-refractivity contribution in [3.8, 4) is 5.88 Å². The first kappa shape index (κ1) is 12.4. The lowest BCUT2D eigenvalue weighted by Crippen LogP contribution is -2.24. The van der Waals surface area contributed by atoms with Crippen molar-refractivity contribution in [1.82, 2.24) is 9.88 Å². The summed E-state index contributed by atoms with van der Waals surface area (Å²) in [5.74, 6) is 0.714. The van der Waals surface area contributed by atoms with E-state index in [1.807, 2.05) is 12.3 Å². The van der Waals surface area contributed by atoms with Gasteiger partial charge in [-0.3, -0.25) is 4.90 Å². The molecule has 1 atom stereocenters. The average Bonchev–Trinajstić information content (AvgIpc) is 2.77. The third-order valence-corrected chi connectivity index (χ3v) is 3.57. The predicted molar refractivity (Wildman–Crippen MR) is 69.4 cm³/mol. The number of methoxy groups -OCH3 is 1. The van der Waals surface area contributed by atoms with Crippen LogP contribution in [0.5, 0.6) is 5.88 Å². The molecular weight excluding hydrogens is 212 g/mol. The van der Waals surface area contributed by atoms with Crippen LogP contribution in [0.1, 0.15) is 43.4 Å². The molecule has 17 heavy (non-hydrogen) atoms. The molecule has 0 N–H and O–H groups in total. The van der Waals surface area contributed by atoms with Crippen LogP contribution >= 0.6 is 0 Å². The maximum atomic E-state index is 5.16. The minimum Gasteiger partial charge on any atom is -0.481 e. The summed E-state index contributed by atoms with van der Waals surface area (Å²) in [7, 11) is 1.67. The Labute approximate surface area is 104 Å². The largest absolute Gasteiger partial charge is 0.481 e. The van der Waals surface area contributed by atoms with E-state index >= 15 is 0 Å². The van der Waals surface area contributed by atoms with Crippen molar-refractivity contribution in [2.45, 2.75) is 39.2 Å². The lowest BCUT2D eigenvalue weighted by atomic mass is 10.0. The molecule has 2 rings (SSSR count). The highest BCUT2D eigenvalue weighted by Gasteiger charge is 2.26. The third kappa shape index (κ3) is 2.60. The zero-order valence-electron chi connectivity index (χ0n) is 11.1. The molecule has 0 spiro atoms. The molecule has 0 aliphatic carbocycles. The zero-order valence-corrected chi connectivity index (χ0v) is 11.1. The number of hydrogen-bond donors (Lipinski definition) is 0. The maximum Gasteiger partial charge on any atom is 0.213 e. The molecule has 1 aliphatic heterocycles. The summed E-state index contributed by atoms with van der Waals surface area (Å²) in [6.45, 7) is 6.82. The zero-order chi connectivity index (χ0) is 12.3. The van der Waals surface area contributed by atoms with Crippen LogP contribution in [0.15, 0.2) is 12.3 Å². The fourth-order valence-corrected chi connectivity index (χ4v) is 2.73. The smallest absolute Gasteiger partial charge is 0.213 e. The highest BCUT2D eigenvalue weighted by molar-refractivity contribution is 5.31. The number of aromatic nitrogens is 1. The van der Waals surface area contributed by atoms with Crippen molar-refractivity contribution >= 4 is 0 Å². The Morgan fingerprint density at radius 3 is 3.00 bits per heavy atom. The Balaban J connectivity index is 2.21. The summed E-state index contributed by atoms with van der Waals surface area (Å²) in [5, 5.41) is 0. The summed E-state index contributed by atoms with van der Waals surface area (Å²) in [6, 6.07) is 2.60. The number of likely N-dealkylation sites (tertiary alicyclic amines) is 1. The first-order valence-corrected chi connectivity index (χ1v) is 6.50. The van der Waals surface area contributed by atoms with E-state index in [9.17, 15) is 0 Å². The number of pyridine rings is 1. The maximum absolute atomic E-state index is 5.16. The molecule has 0 saturated carbocycles. The van der Waals surface area contributed by atoms with Crippen LogP contribution in [0.25, 0.3) is 0 Å². The molecule has 0 bridgehead atoms. The number of ether oxygens (including phenoxy) is 1. The minimum absolute atomic E-state index is 0.563. The fourth-order valence-electron chi connectivity index (χ4n) is 2.73. The van der Waals surface area contributed by atoms with Crippen molar-refractivity contribution in [2.24, 2.45) is 0 Å². The highest BCUT2D eigenvalue weighted by Crippen LogP contribution is 2.33. The average molecular weight is 234 g/mol. The van der Waals surface area contributed by atoms with Gasteiger partial charge in [-0.1, -0.05) is 6.92 Å². The monoisotopic (exact) mass is 234 g/mol. The van der Waals surface area contributed by atoms with Gasteiger partial charge in [0.25, 0.3) is 0 Å². The van der Waals surface area contributed by atoms with E-state index in [1.165, 1.54) is 43.5 Å². The fraction of sp³-hybridized carbons (Fsp3) is 0.643. The van der Waals surface area contributed by atoms with Crippen LogP contribution in [0.2, 0.25) is 0 Å². The lowest BCUT2D eigenvalue weighted by Gasteiger charge is -2.25. The molecule has 1 aromatic rings. The quantitative estimate of drug-likeness (QED) is 0.801. The Bertz CT molecular complexity index is 378. The van der Waals surface area contributed by atoms with Crippen LogP contribution in [0.3, 0.4) is 0 Å². The second kappa shape index (κ2) is 5.50. The van der Waals surface area contributed by atoms with Gasteiger partial charge in [-0.25, -0.2) is 4.98 Å². The van der Waals surface area contributed by atoms with E-state index < -0.39 is 0 Å². The van der Waals surface area contributed by atoms with Gasteiger partial charge >= 0.3 is 0 Å². The molecule has 0 radical (unpaired) electrons. The molecule has 0 amide bonds. The van der Waals surface area contributed by atoms with Crippen LogP contribution in [0, 0.1) is 6.92 Å². The Hall–Kier alpha value is -1.09. The molecular formula is C14H22N2O. The van der Waals surface area contributed by atoms with Gasteiger partial charge < -0.3 is 4.74 Å². The summed E-state index contributed by atoms with van der Waals surface area (Å²) in [6.07, 6.45) is 5.77. The molecule has 1 aromatic heterocycles. The van der Waals surface area contributed by atoms with Gasteiger partial charge in [-0.15, -0.1) is 0 Å². The first-order chi connectivity index (χ1) is 8.26. The van der Waals surface area contributed by atoms with Gasteiger partial charge in [0, 0.05) is 18.3 Å². The number of hydrogen-bond acceptors (Lipinski definition) is 3. The summed E-state index contributed by atoms with van der Waals surface area (Å²) < 4.78 is 5.16. The van der Waals surface area contributed by atoms with Crippen LogP contribution in [-0.2, 0) is 0 Å². The van der Waals surface area contributed by atoms with Gasteiger partial charge in [-0.2, -0.15) is 0 Å². The van der Waals surface area contributed by atoms with Crippen LogP contribution < -0.4 is 4.74 Å². The van der Waals surface area contributed by atoms with E-state index in [-0.39, 0.29) is 0 Å². The molecule has 1 unspecified atom stereocenters. The number of nitrogens with zero attached hydrogens (tertiary/aromatic N) is 2. The second-order valence-corrected chi connectivity index (χ2v) is 4.78. The molecule has 1 aliphatic rings. The van der Waals surface area contributed by atoms with Gasteiger partial charge in [-0.05, 0) is 50.4 Å². The first-order valence-electron chi connectivity index (χ1n) is 6.50. The molecule has 1 saturated heterocycles. The SMILES string of the molecule is CCCN1CCCC1c1cnc(OC)cc1C. The molecule has 0 aromatic carbocycles. The van der Waals surface area contributed by atoms with Crippen LogP contribution in [0.4, 0.5) is 0 Å².